The number of alkyl halides is 3. The third-order valence-corrected chi connectivity index (χ3v) is 4.16. The van der Waals surface area contributed by atoms with Gasteiger partial charge in [0.2, 0.25) is 0 Å². The summed E-state index contributed by atoms with van der Waals surface area (Å²) in [5.74, 6) is -0.859. The molecule has 2 aromatic rings. The number of nitrogens with one attached hydrogen (secondary N) is 1. The summed E-state index contributed by atoms with van der Waals surface area (Å²) in [6.07, 6.45) is -4.50. The van der Waals surface area contributed by atoms with Gasteiger partial charge in [0.1, 0.15) is 0 Å². The van der Waals surface area contributed by atoms with Crippen molar-refractivity contribution in [1.82, 2.24) is 5.32 Å². The Morgan fingerprint density at radius 2 is 1.86 bits per heavy atom. The van der Waals surface area contributed by atoms with Crippen molar-refractivity contribution < 1.29 is 27.6 Å². The molecule has 1 amide bonds. The van der Waals surface area contributed by atoms with Crippen molar-refractivity contribution in [3.63, 3.8) is 0 Å². The number of benzene rings is 2. The molecule has 0 saturated heterocycles. The van der Waals surface area contributed by atoms with E-state index in [1.54, 1.807) is 13.8 Å². The molecule has 1 atom stereocenters. The summed E-state index contributed by atoms with van der Waals surface area (Å²) in [6, 6.07) is 7.71. The Morgan fingerprint density at radius 3 is 2.39 bits per heavy atom. The molecule has 0 radical (unpaired) electrons. The third-order valence-electron chi connectivity index (χ3n) is 4.16. The minimum Gasteiger partial charge on any atom is -0.490 e. The van der Waals surface area contributed by atoms with Crippen LogP contribution in [-0.2, 0) is 6.18 Å². The highest BCUT2D eigenvalue weighted by Crippen LogP contribution is 2.33. The molecular formula is C19H19F3N2O4. The second-order valence-electron chi connectivity index (χ2n) is 6.46. The summed E-state index contributed by atoms with van der Waals surface area (Å²) in [6.45, 7) is 3.50. The van der Waals surface area contributed by atoms with Crippen molar-refractivity contribution in [1.29, 1.82) is 0 Å². The highest BCUT2D eigenvalue weighted by atomic mass is 19.4. The molecule has 1 unspecified atom stereocenters. The Labute approximate surface area is 159 Å². The van der Waals surface area contributed by atoms with Crippen molar-refractivity contribution in [3.05, 3.63) is 69.3 Å². The van der Waals surface area contributed by atoms with Gasteiger partial charge in [0.05, 0.1) is 23.6 Å². The predicted molar refractivity (Wildman–Crippen MR) is 96.1 cm³/mol. The first-order valence-corrected chi connectivity index (χ1v) is 8.35. The van der Waals surface area contributed by atoms with Crippen LogP contribution in [0.15, 0.2) is 42.5 Å². The van der Waals surface area contributed by atoms with Crippen LogP contribution in [0, 0.1) is 16.0 Å². The first kappa shape index (κ1) is 21.2. The highest BCUT2D eigenvalue weighted by Gasteiger charge is 2.31. The smallest absolute Gasteiger partial charge is 0.416 e. The Balaban J connectivity index is 2.34. The molecule has 0 saturated carbocycles. The van der Waals surface area contributed by atoms with Crippen LogP contribution in [0.2, 0.25) is 0 Å². The lowest BCUT2D eigenvalue weighted by molar-refractivity contribution is -0.385. The van der Waals surface area contributed by atoms with Gasteiger partial charge in [0, 0.05) is 11.6 Å². The van der Waals surface area contributed by atoms with E-state index in [1.807, 2.05) is 0 Å². The lowest BCUT2D eigenvalue weighted by Gasteiger charge is -2.24. The van der Waals surface area contributed by atoms with Crippen LogP contribution < -0.4 is 10.1 Å². The van der Waals surface area contributed by atoms with E-state index in [0.29, 0.717) is 5.56 Å². The molecule has 0 aliphatic rings. The number of halogens is 3. The zero-order valence-electron chi connectivity index (χ0n) is 15.4. The lowest BCUT2D eigenvalue weighted by atomic mass is 9.94. The molecule has 0 aromatic heterocycles. The Morgan fingerprint density at radius 1 is 1.18 bits per heavy atom. The summed E-state index contributed by atoms with van der Waals surface area (Å²) < 4.78 is 43.9. The number of nitro groups is 1. The van der Waals surface area contributed by atoms with E-state index in [0.717, 1.165) is 18.2 Å². The fraction of sp³-hybridized carbons (Fsp3) is 0.316. The highest BCUT2D eigenvalue weighted by molar-refractivity contribution is 5.95. The number of nitrogens with zero attached hydrogens (tertiary/aromatic N) is 1. The first-order chi connectivity index (χ1) is 13.0. The lowest BCUT2D eigenvalue weighted by Crippen LogP contribution is -2.32. The minimum absolute atomic E-state index is 0.000150. The van der Waals surface area contributed by atoms with Gasteiger partial charge in [-0.3, -0.25) is 14.9 Å². The third kappa shape index (κ3) is 4.79. The standard InChI is InChI=1S/C19H19F3N2O4/c1-11(2)17(12-5-4-6-14(9-12)19(20,21)22)23-18(25)13-7-8-16(28-3)15(10-13)24(26)27/h4-11,17H,1-3H3,(H,23,25). The Kier molecular flexibility index (Phi) is 6.27. The largest absolute Gasteiger partial charge is 0.490 e. The van der Waals surface area contributed by atoms with Crippen LogP contribution in [0.1, 0.15) is 41.4 Å². The number of amides is 1. The summed E-state index contributed by atoms with van der Waals surface area (Å²) >= 11 is 0. The van der Waals surface area contributed by atoms with Crippen LogP contribution in [0.4, 0.5) is 18.9 Å². The van der Waals surface area contributed by atoms with Crippen molar-refractivity contribution in [2.24, 2.45) is 5.92 Å². The van der Waals surface area contributed by atoms with E-state index >= 15 is 0 Å². The van der Waals surface area contributed by atoms with Crippen molar-refractivity contribution >= 4 is 11.6 Å². The summed E-state index contributed by atoms with van der Waals surface area (Å²) in [7, 11) is 1.27. The van der Waals surface area contributed by atoms with E-state index in [9.17, 15) is 28.1 Å². The van der Waals surface area contributed by atoms with E-state index in [2.05, 4.69) is 5.32 Å². The van der Waals surface area contributed by atoms with Crippen LogP contribution in [0.5, 0.6) is 5.75 Å². The Bertz CT molecular complexity index is 882. The molecule has 0 aliphatic heterocycles. The van der Waals surface area contributed by atoms with Gasteiger partial charge in [0.25, 0.3) is 5.91 Å². The second kappa shape index (κ2) is 8.28. The molecule has 6 nitrogen and oxygen atoms in total. The fourth-order valence-electron chi connectivity index (χ4n) is 2.74. The molecule has 28 heavy (non-hydrogen) atoms. The second-order valence-corrected chi connectivity index (χ2v) is 6.46. The summed E-state index contributed by atoms with van der Waals surface area (Å²) in [5, 5.41) is 13.8. The average Bonchev–Trinajstić information content (AvgIpc) is 2.64. The van der Waals surface area contributed by atoms with E-state index in [4.69, 9.17) is 4.74 Å². The van der Waals surface area contributed by atoms with Gasteiger partial charge in [-0.15, -0.1) is 0 Å². The predicted octanol–water partition coefficient (Wildman–Crippen LogP) is 4.75. The zero-order chi connectivity index (χ0) is 21.1. The molecule has 9 heteroatoms. The number of rotatable bonds is 6. The maximum absolute atomic E-state index is 13.0. The fourth-order valence-corrected chi connectivity index (χ4v) is 2.74. The summed E-state index contributed by atoms with van der Waals surface area (Å²) in [5.41, 5.74) is -0.897. The number of carbonyl (C=O) groups excluding carboxylic acids is 1. The van der Waals surface area contributed by atoms with Crippen molar-refractivity contribution in [3.8, 4) is 5.75 Å². The zero-order valence-corrected chi connectivity index (χ0v) is 15.4. The first-order valence-electron chi connectivity index (χ1n) is 8.35. The van der Waals surface area contributed by atoms with Gasteiger partial charge < -0.3 is 10.1 Å². The SMILES string of the molecule is COc1ccc(C(=O)NC(c2cccc(C(F)(F)F)c2)C(C)C)cc1[N+](=O)[O-]. The number of nitro benzene ring substituents is 1. The molecule has 0 fully saturated rings. The van der Waals surface area contributed by atoms with Crippen LogP contribution in [-0.4, -0.2) is 17.9 Å². The quantitative estimate of drug-likeness (QED) is 0.564. The number of ether oxygens (including phenoxy) is 1. The van der Waals surface area contributed by atoms with Crippen molar-refractivity contribution in [2.75, 3.05) is 7.11 Å². The normalized spacial score (nSPS) is 12.5. The maximum Gasteiger partial charge on any atom is 0.416 e. The van der Waals surface area contributed by atoms with Gasteiger partial charge >= 0.3 is 11.9 Å². The van der Waals surface area contributed by atoms with E-state index < -0.39 is 28.6 Å². The van der Waals surface area contributed by atoms with E-state index in [-0.39, 0.29) is 22.9 Å². The molecule has 0 heterocycles. The minimum atomic E-state index is -4.50. The molecule has 2 rings (SSSR count). The molecular weight excluding hydrogens is 377 g/mol. The van der Waals surface area contributed by atoms with Gasteiger partial charge in [0.15, 0.2) is 5.75 Å². The van der Waals surface area contributed by atoms with Crippen LogP contribution in [0.25, 0.3) is 0 Å². The van der Waals surface area contributed by atoms with Gasteiger partial charge in [-0.2, -0.15) is 13.2 Å². The molecule has 0 spiro atoms. The monoisotopic (exact) mass is 396 g/mol. The molecule has 0 aliphatic carbocycles. The maximum atomic E-state index is 13.0. The summed E-state index contributed by atoms with van der Waals surface area (Å²) in [4.78, 5) is 23.0. The number of hydrogen-bond acceptors (Lipinski definition) is 4. The van der Waals surface area contributed by atoms with Gasteiger partial charge in [-0.25, -0.2) is 0 Å². The number of hydrogen-bond donors (Lipinski definition) is 1. The molecule has 150 valence electrons. The Hall–Kier alpha value is -3.10. The van der Waals surface area contributed by atoms with Crippen LogP contribution in [0.3, 0.4) is 0 Å². The number of methoxy groups -OCH3 is 1. The molecule has 0 bridgehead atoms. The van der Waals surface area contributed by atoms with E-state index in [1.165, 1.54) is 31.4 Å². The molecule has 2 aromatic carbocycles. The number of carbonyl (C=O) groups is 1. The van der Waals surface area contributed by atoms with Crippen molar-refractivity contribution in [2.45, 2.75) is 26.1 Å². The van der Waals surface area contributed by atoms with Crippen LogP contribution >= 0.6 is 0 Å². The molecule has 1 N–H and O–H groups in total. The van der Waals surface area contributed by atoms with Gasteiger partial charge in [-0.1, -0.05) is 26.0 Å². The van der Waals surface area contributed by atoms with Gasteiger partial charge in [-0.05, 0) is 35.7 Å². The topological polar surface area (TPSA) is 81.5 Å². The average molecular weight is 396 g/mol.